The van der Waals surface area contributed by atoms with E-state index in [0.717, 1.165) is 12.0 Å². The average Bonchev–Trinajstić information content (AvgIpc) is 2.43. The summed E-state index contributed by atoms with van der Waals surface area (Å²) < 4.78 is 0. The molecule has 1 nitrogen and oxygen atoms in total. The van der Waals surface area contributed by atoms with E-state index in [9.17, 15) is 5.26 Å². The summed E-state index contributed by atoms with van der Waals surface area (Å²) in [4.78, 5) is 0. The molecule has 0 spiro atoms. The number of rotatable bonds is 8. The SMILES string of the molecule is CCCCCCCC(CC)c1c(C)cccc1C#N. The van der Waals surface area contributed by atoms with Crippen molar-refractivity contribution >= 4 is 0 Å². The van der Waals surface area contributed by atoms with Gasteiger partial charge in [-0.2, -0.15) is 5.26 Å². The third-order valence-electron chi connectivity index (χ3n) is 4.00. The molecule has 0 fully saturated rings. The van der Waals surface area contributed by atoms with Crippen molar-refractivity contribution in [2.45, 2.75) is 71.6 Å². The number of nitrogens with zero attached hydrogens (tertiary/aromatic N) is 1. The Labute approximate surface area is 118 Å². The van der Waals surface area contributed by atoms with Crippen molar-refractivity contribution in [3.8, 4) is 6.07 Å². The van der Waals surface area contributed by atoms with Crippen LogP contribution in [0.3, 0.4) is 0 Å². The molecule has 0 amide bonds. The molecule has 1 unspecified atom stereocenters. The Hall–Kier alpha value is -1.29. The van der Waals surface area contributed by atoms with Crippen LogP contribution in [0.4, 0.5) is 0 Å². The van der Waals surface area contributed by atoms with Crippen molar-refractivity contribution in [2.24, 2.45) is 0 Å². The van der Waals surface area contributed by atoms with Gasteiger partial charge < -0.3 is 0 Å². The zero-order valence-corrected chi connectivity index (χ0v) is 12.7. The van der Waals surface area contributed by atoms with E-state index in [4.69, 9.17) is 0 Å². The van der Waals surface area contributed by atoms with Crippen molar-refractivity contribution in [3.05, 3.63) is 34.9 Å². The first kappa shape index (κ1) is 15.8. The Morgan fingerprint density at radius 3 is 2.47 bits per heavy atom. The second-order valence-corrected chi connectivity index (χ2v) is 5.46. The summed E-state index contributed by atoms with van der Waals surface area (Å²) in [5.41, 5.74) is 3.45. The van der Waals surface area contributed by atoms with Crippen LogP contribution in [0.25, 0.3) is 0 Å². The van der Waals surface area contributed by atoms with Gasteiger partial charge in [0.1, 0.15) is 0 Å². The predicted octanol–water partition coefficient (Wildman–Crippen LogP) is 5.72. The molecule has 0 aliphatic heterocycles. The van der Waals surface area contributed by atoms with Crippen LogP contribution in [0.15, 0.2) is 18.2 Å². The molecular formula is C18H27N. The fourth-order valence-corrected chi connectivity index (χ4v) is 2.87. The van der Waals surface area contributed by atoms with Crippen molar-refractivity contribution < 1.29 is 0 Å². The number of hydrogen-bond donors (Lipinski definition) is 0. The van der Waals surface area contributed by atoms with Gasteiger partial charge in [-0.05, 0) is 42.9 Å². The molecule has 1 heteroatoms. The fourth-order valence-electron chi connectivity index (χ4n) is 2.87. The van der Waals surface area contributed by atoms with Crippen molar-refractivity contribution in [3.63, 3.8) is 0 Å². The zero-order valence-electron chi connectivity index (χ0n) is 12.7. The highest BCUT2D eigenvalue weighted by Gasteiger charge is 2.15. The number of unbranched alkanes of at least 4 members (excludes halogenated alkanes) is 4. The Kier molecular flexibility index (Phi) is 7.26. The maximum absolute atomic E-state index is 9.28. The molecule has 0 bridgehead atoms. The van der Waals surface area contributed by atoms with E-state index < -0.39 is 0 Å². The highest BCUT2D eigenvalue weighted by atomic mass is 14.3. The van der Waals surface area contributed by atoms with E-state index in [0.29, 0.717) is 5.92 Å². The van der Waals surface area contributed by atoms with Gasteiger partial charge in [0, 0.05) is 0 Å². The van der Waals surface area contributed by atoms with Crippen molar-refractivity contribution in [1.29, 1.82) is 5.26 Å². The van der Waals surface area contributed by atoms with Gasteiger partial charge in [-0.1, -0.05) is 58.1 Å². The fraction of sp³-hybridized carbons (Fsp3) is 0.611. The van der Waals surface area contributed by atoms with Crippen LogP contribution in [0.2, 0.25) is 0 Å². The second-order valence-electron chi connectivity index (χ2n) is 5.46. The maximum atomic E-state index is 9.28. The Morgan fingerprint density at radius 2 is 1.84 bits per heavy atom. The summed E-state index contributed by atoms with van der Waals surface area (Å²) in [6.07, 6.45) is 8.98. The quantitative estimate of drug-likeness (QED) is 0.546. The van der Waals surface area contributed by atoms with E-state index in [1.54, 1.807) is 0 Å². The molecule has 0 saturated carbocycles. The van der Waals surface area contributed by atoms with Gasteiger partial charge in [0.25, 0.3) is 0 Å². The van der Waals surface area contributed by atoms with Gasteiger partial charge in [-0.25, -0.2) is 0 Å². The molecule has 0 aromatic heterocycles. The van der Waals surface area contributed by atoms with Gasteiger partial charge >= 0.3 is 0 Å². The molecule has 104 valence electrons. The van der Waals surface area contributed by atoms with Crippen molar-refractivity contribution in [2.75, 3.05) is 0 Å². The molecule has 1 aromatic carbocycles. The average molecular weight is 257 g/mol. The number of aryl methyl sites for hydroxylation is 1. The largest absolute Gasteiger partial charge is 0.192 e. The summed E-state index contributed by atoms with van der Waals surface area (Å²) in [5.74, 6) is 0.553. The number of hydrogen-bond acceptors (Lipinski definition) is 1. The molecule has 0 aliphatic rings. The van der Waals surface area contributed by atoms with E-state index in [-0.39, 0.29) is 0 Å². The van der Waals surface area contributed by atoms with Crippen LogP contribution in [-0.2, 0) is 0 Å². The lowest BCUT2D eigenvalue weighted by atomic mass is 9.85. The molecule has 19 heavy (non-hydrogen) atoms. The van der Waals surface area contributed by atoms with E-state index in [2.05, 4.69) is 32.9 Å². The van der Waals surface area contributed by atoms with Gasteiger partial charge in [0.15, 0.2) is 0 Å². The molecular weight excluding hydrogens is 230 g/mol. The second kappa shape index (κ2) is 8.75. The van der Waals surface area contributed by atoms with Crippen LogP contribution in [0, 0.1) is 18.3 Å². The molecule has 0 N–H and O–H groups in total. The van der Waals surface area contributed by atoms with Gasteiger partial charge in [0.05, 0.1) is 11.6 Å². The van der Waals surface area contributed by atoms with Gasteiger partial charge in [-0.3, -0.25) is 0 Å². The minimum absolute atomic E-state index is 0.553. The summed E-state index contributed by atoms with van der Waals surface area (Å²) >= 11 is 0. The van der Waals surface area contributed by atoms with E-state index in [1.807, 2.05) is 12.1 Å². The number of nitriles is 1. The molecule has 0 saturated heterocycles. The zero-order chi connectivity index (χ0) is 14.1. The Balaban J connectivity index is 2.67. The summed E-state index contributed by atoms with van der Waals surface area (Å²) in [5, 5.41) is 9.28. The van der Waals surface area contributed by atoms with E-state index in [1.165, 1.54) is 49.7 Å². The van der Waals surface area contributed by atoms with Crippen LogP contribution < -0.4 is 0 Å². The molecule has 1 aromatic rings. The first-order valence-electron chi connectivity index (χ1n) is 7.74. The lowest BCUT2D eigenvalue weighted by molar-refractivity contribution is 0.533. The number of benzene rings is 1. The Bertz CT molecular complexity index is 414. The van der Waals surface area contributed by atoms with Gasteiger partial charge in [0.2, 0.25) is 0 Å². The lowest BCUT2D eigenvalue weighted by Gasteiger charge is -2.19. The topological polar surface area (TPSA) is 23.8 Å². The lowest BCUT2D eigenvalue weighted by Crippen LogP contribution is -2.03. The summed E-state index contributed by atoms with van der Waals surface area (Å²) in [7, 11) is 0. The standard InChI is InChI=1S/C18H27N/c1-4-6-7-8-9-12-16(5-2)18-15(3)11-10-13-17(18)14-19/h10-11,13,16H,4-9,12H2,1-3H3. The maximum Gasteiger partial charge on any atom is 0.0994 e. The van der Waals surface area contributed by atoms with E-state index >= 15 is 0 Å². The van der Waals surface area contributed by atoms with Gasteiger partial charge in [-0.15, -0.1) is 0 Å². The highest BCUT2D eigenvalue weighted by Crippen LogP contribution is 2.31. The van der Waals surface area contributed by atoms with Crippen LogP contribution in [0.5, 0.6) is 0 Å². The normalized spacial score (nSPS) is 12.1. The van der Waals surface area contributed by atoms with Crippen LogP contribution >= 0.6 is 0 Å². The highest BCUT2D eigenvalue weighted by molar-refractivity contribution is 5.44. The first-order chi connectivity index (χ1) is 9.24. The molecule has 1 rings (SSSR count). The monoisotopic (exact) mass is 257 g/mol. The molecule has 0 radical (unpaired) electrons. The summed E-state index contributed by atoms with van der Waals surface area (Å²) in [6, 6.07) is 8.45. The molecule has 1 atom stereocenters. The predicted molar refractivity (Wildman–Crippen MR) is 82.3 cm³/mol. The van der Waals surface area contributed by atoms with Crippen molar-refractivity contribution in [1.82, 2.24) is 0 Å². The minimum Gasteiger partial charge on any atom is -0.192 e. The third kappa shape index (κ3) is 4.71. The Morgan fingerprint density at radius 1 is 1.11 bits per heavy atom. The van der Waals surface area contributed by atoms with Crippen LogP contribution in [-0.4, -0.2) is 0 Å². The summed E-state index contributed by atoms with van der Waals surface area (Å²) in [6.45, 7) is 6.63. The minimum atomic E-state index is 0.553. The molecule has 0 heterocycles. The smallest absolute Gasteiger partial charge is 0.0994 e. The van der Waals surface area contributed by atoms with Crippen LogP contribution in [0.1, 0.15) is 81.4 Å². The first-order valence-corrected chi connectivity index (χ1v) is 7.74. The molecule has 0 aliphatic carbocycles. The third-order valence-corrected chi connectivity index (χ3v) is 4.00.